The van der Waals surface area contributed by atoms with Gasteiger partial charge in [-0.3, -0.25) is 0 Å². The molecule has 0 aliphatic rings. The van der Waals surface area contributed by atoms with Crippen LogP contribution in [0.1, 0.15) is 44.9 Å². The number of hydrogen-bond donors (Lipinski definition) is 1. The largest absolute Gasteiger partial charge is 0.598 e. The quantitative estimate of drug-likeness (QED) is 0.647. The Balaban J connectivity index is 2.90. The first-order chi connectivity index (χ1) is 9.76. The van der Waals surface area contributed by atoms with Gasteiger partial charge in [-0.25, -0.2) is 0 Å². The number of nitrogens with one attached hydrogen (secondary N) is 1. The fourth-order valence-electron chi connectivity index (χ4n) is 1.55. The Morgan fingerprint density at radius 1 is 1.00 bits per heavy atom. The molecule has 0 fully saturated rings. The average Bonchev–Trinajstić information content (AvgIpc) is 2.36. The molecule has 0 spiro atoms. The maximum atomic E-state index is 13.2. The minimum Gasteiger partial charge on any atom is -0.598 e. The maximum Gasteiger partial charge on any atom is 0.458 e. The molecule has 126 valence electrons. The summed E-state index contributed by atoms with van der Waals surface area (Å²) in [6.45, 7) is 6.93. The lowest BCUT2D eigenvalue weighted by molar-refractivity contribution is -0.289. The van der Waals surface area contributed by atoms with Crippen molar-refractivity contribution in [3.05, 3.63) is 35.4 Å². The fraction of sp³-hybridized carbons (Fsp3) is 0.571. The molecule has 0 heterocycles. The van der Waals surface area contributed by atoms with E-state index in [2.05, 4.69) is 4.72 Å². The summed E-state index contributed by atoms with van der Waals surface area (Å²) in [4.78, 5) is 0. The lowest BCUT2D eigenvalue weighted by Crippen LogP contribution is -2.40. The summed E-state index contributed by atoms with van der Waals surface area (Å²) in [7, 11) is 0. The van der Waals surface area contributed by atoms with Crippen molar-refractivity contribution in [2.24, 2.45) is 0 Å². The van der Waals surface area contributed by atoms with Crippen molar-refractivity contribution >= 4 is 11.4 Å². The second-order valence-corrected chi connectivity index (χ2v) is 7.91. The molecule has 2 atom stereocenters. The molecule has 1 aromatic carbocycles. The molecular formula is C14H18F5NOS. The van der Waals surface area contributed by atoms with Crippen LogP contribution in [0.25, 0.3) is 0 Å². The van der Waals surface area contributed by atoms with E-state index in [-0.39, 0.29) is 0 Å². The zero-order chi connectivity index (χ0) is 17.3. The first-order valence-corrected chi connectivity index (χ1v) is 7.65. The van der Waals surface area contributed by atoms with Crippen LogP contribution in [0.3, 0.4) is 0 Å². The van der Waals surface area contributed by atoms with Gasteiger partial charge in [0.25, 0.3) is 0 Å². The van der Waals surface area contributed by atoms with Crippen molar-refractivity contribution in [3.63, 3.8) is 0 Å². The highest BCUT2D eigenvalue weighted by Gasteiger charge is 2.58. The third-order valence-electron chi connectivity index (χ3n) is 2.97. The van der Waals surface area contributed by atoms with Gasteiger partial charge in [0.05, 0.1) is 6.04 Å². The molecule has 0 aliphatic heterocycles. The summed E-state index contributed by atoms with van der Waals surface area (Å²) in [5.41, 5.74) is -0.646. The van der Waals surface area contributed by atoms with E-state index in [0.717, 1.165) is 12.1 Å². The van der Waals surface area contributed by atoms with E-state index in [1.54, 1.807) is 27.7 Å². The highest BCUT2D eigenvalue weighted by Crippen LogP contribution is 2.43. The first-order valence-electron chi connectivity index (χ1n) is 6.50. The summed E-state index contributed by atoms with van der Waals surface area (Å²) >= 11 is -1.38. The van der Waals surface area contributed by atoms with Gasteiger partial charge in [0.2, 0.25) is 0 Å². The Kier molecular flexibility index (Phi) is 5.52. The highest BCUT2D eigenvalue weighted by atomic mass is 32.2. The van der Waals surface area contributed by atoms with Gasteiger partial charge < -0.3 is 4.55 Å². The molecule has 8 heteroatoms. The van der Waals surface area contributed by atoms with Crippen molar-refractivity contribution in [2.45, 2.75) is 50.6 Å². The van der Waals surface area contributed by atoms with Crippen LogP contribution >= 0.6 is 0 Å². The number of hydrogen-bond acceptors (Lipinski definition) is 2. The zero-order valence-corrected chi connectivity index (χ0v) is 13.4. The van der Waals surface area contributed by atoms with Crippen molar-refractivity contribution in [1.82, 2.24) is 4.72 Å². The van der Waals surface area contributed by atoms with Crippen molar-refractivity contribution in [1.29, 1.82) is 0 Å². The summed E-state index contributed by atoms with van der Waals surface area (Å²) < 4.78 is 77.4. The SMILES string of the molecule is C[C@H](N[S@@+]([O-])C(C)(C)C)c1ccc(C(F)(F)C(F)(F)F)cc1. The van der Waals surface area contributed by atoms with Gasteiger partial charge in [0.1, 0.15) is 4.75 Å². The molecule has 0 aliphatic carbocycles. The second kappa shape index (κ2) is 6.33. The van der Waals surface area contributed by atoms with Gasteiger partial charge in [-0.05, 0) is 33.3 Å². The Labute approximate surface area is 129 Å². The lowest BCUT2D eigenvalue weighted by atomic mass is 10.0. The van der Waals surface area contributed by atoms with Crippen LogP contribution in [-0.2, 0) is 17.3 Å². The average molecular weight is 343 g/mol. The molecule has 22 heavy (non-hydrogen) atoms. The maximum absolute atomic E-state index is 13.2. The summed E-state index contributed by atoms with van der Waals surface area (Å²) in [6.07, 6.45) is -5.63. The van der Waals surface area contributed by atoms with Gasteiger partial charge >= 0.3 is 12.1 Å². The van der Waals surface area contributed by atoms with Crippen LogP contribution in [0.4, 0.5) is 22.0 Å². The monoisotopic (exact) mass is 343 g/mol. The van der Waals surface area contributed by atoms with E-state index in [1.807, 2.05) is 0 Å². The summed E-state index contributed by atoms with van der Waals surface area (Å²) in [5, 5.41) is 0. The van der Waals surface area contributed by atoms with Crippen LogP contribution < -0.4 is 4.72 Å². The Morgan fingerprint density at radius 2 is 1.45 bits per heavy atom. The first kappa shape index (κ1) is 19.2. The standard InChI is InChI=1S/C14H18F5NOS/c1-9(20-22(21)12(2,3)4)10-5-7-11(8-6-10)13(15,16)14(17,18)19/h5-9,20H,1-4H3/t9-,22-/m0/s1. The van der Waals surface area contributed by atoms with Crippen molar-refractivity contribution in [2.75, 3.05) is 0 Å². The number of rotatable bonds is 4. The van der Waals surface area contributed by atoms with E-state index in [1.165, 1.54) is 12.1 Å². The molecule has 0 saturated heterocycles. The van der Waals surface area contributed by atoms with Crippen LogP contribution in [-0.4, -0.2) is 15.5 Å². The van der Waals surface area contributed by atoms with Crippen molar-refractivity contribution in [3.8, 4) is 0 Å². The fourth-order valence-corrected chi connectivity index (χ4v) is 2.36. The molecule has 0 amide bonds. The van der Waals surface area contributed by atoms with E-state index < -0.39 is 39.8 Å². The van der Waals surface area contributed by atoms with E-state index in [9.17, 15) is 26.5 Å². The number of halogens is 5. The van der Waals surface area contributed by atoms with E-state index in [0.29, 0.717) is 5.56 Å². The third-order valence-corrected chi connectivity index (χ3v) is 4.65. The number of benzene rings is 1. The topological polar surface area (TPSA) is 35.1 Å². The molecule has 0 aromatic heterocycles. The molecule has 0 unspecified atom stereocenters. The van der Waals surface area contributed by atoms with Crippen LogP contribution in [0.5, 0.6) is 0 Å². The van der Waals surface area contributed by atoms with Gasteiger partial charge in [0.15, 0.2) is 0 Å². The number of alkyl halides is 5. The minimum absolute atomic E-state index is 0.450. The molecule has 2 nitrogen and oxygen atoms in total. The normalized spacial score (nSPS) is 16.5. The van der Waals surface area contributed by atoms with Crippen LogP contribution in [0.15, 0.2) is 24.3 Å². The predicted molar refractivity (Wildman–Crippen MR) is 75.8 cm³/mol. The zero-order valence-electron chi connectivity index (χ0n) is 12.6. The van der Waals surface area contributed by atoms with Crippen molar-refractivity contribution < 1.29 is 26.5 Å². The molecular weight excluding hydrogens is 325 g/mol. The van der Waals surface area contributed by atoms with Gasteiger partial charge in [-0.2, -0.15) is 22.0 Å². The van der Waals surface area contributed by atoms with Gasteiger partial charge in [-0.15, -0.1) is 4.72 Å². The molecule has 0 radical (unpaired) electrons. The Hall–Kier alpha value is -0.860. The molecule has 0 bridgehead atoms. The van der Waals surface area contributed by atoms with E-state index >= 15 is 0 Å². The minimum atomic E-state index is -5.63. The summed E-state index contributed by atoms with van der Waals surface area (Å²) in [5.74, 6) is -4.89. The molecule has 1 rings (SSSR count). The highest BCUT2D eigenvalue weighted by molar-refractivity contribution is 7.90. The molecule has 1 N–H and O–H groups in total. The summed E-state index contributed by atoms with van der Waals surface area (Å²) in [6, 6.07) is 3.37. The second-order valence-electron chi connectivity index (χ2n) is 5.91. The van der Waals surface area contributed by atoms with Crippen LogP contribution in [0.2, 0.25) is 0 Å². The molecule has 0 saturated carbocycles. The molecule has 1 aromatic rings. The Morgan fingerprint density at radius 3 is 1.82 bits per heavy atom. The third kappa shape index (κ3) is 4.33. The van der Waals surface area contributed by atoms with E-state index in [4.69, 9.17) is 0 Å². The van der Waals surface area contributed by atoms with Gasteiger partial charge in [-0.1, -0.05) is 24.3 Å². The van der Waals surface area contributed by atoms with Gasteiger partial charge in [0, 0.05) is 16.9 Å². The Bertz CT molecular complexity index is 495. The van der Waals surface area contributed by atoms with Crippen LogP contribution in [0, 0.1) is 0 Å². The smallest absolute Gasteiger partial charge is 0.458 e. The predicted octanol–water partition coefficient (Wildman–Crippen LogP) is 4.45. The lowest BCUT2D eigenvalue weighted by Gasteiger charge is -2.27.